The van der Waals surface area contributed by atoms with Crippen molar-refractivity contribution in [2.24, 2.45) is 0 Å². The molecule has 1 aromatic heterocycles. The Kier molecular flexibility index (Phi) is 8.23. The summed E-state index contributed by atoms with van der Waals surface area (Å²) in [4.78, 5) is 12.7. The van der Waals surface area contributed by atoms with Crippen molar-refractivity contribution < 1.29 is 9.53 Å². The highest BCUT2D eigenvalue weighted by molar-refractivity contribution is 8.00. The van der Waals surface area contributed by atoms with E-state index in [-0.39, 0.29) is 5.91 Å². The zero-order valence-electron chi connectivity index (χ0n) is 17.6. The molecule has 0 radical (unpaired) electrons. The Morgan fingerprint density at radius 3 is 2.61 bits per heavy atom. The number of carbonyl (C=O) groups excluding carboxylic acids is 1. The van der Waals surface area contributed by atoms with Crippen LogP contribution in [-0.2, 0) is 11.3 Å². The van der Waals surface area contributed by atoms with E-state index in [9.17, 15) is 4.79 Å². The lowest BCUT2D eigenvalue weighted by Crippen LogP contribution is -2.23. The van der Waals surface area contributed by atoms with Crippen molar-refractivity contribution in [3.63, 3.8) is 0 Å². The number of hydrogen-bond acceptors (Lipinski definition) is 5. The Balaban J connectivity index is 1.80. The Morgan fingerprint density at radius 2 is 1.94 bits per heavy atom. The van der Waals surface area contributed by atoms with Gasteiger partial charge in [0.05, 0.1) is 28.1 Å². The molecule has 0 saturated carbocycles. The number of nitrogens with one attached hydrogen (secondary N) is 1. The van der Waals surface area contributed by atoms with E-state index >= 15 is 0 Å². The molecule has 1 atom stereocenters. The summed E-state index contributed by atoms with van der Waals surface area (Å²) >= 11 is 13.6. The molecule has 3 rings (SSSR count). The molecule has 0 bridgehead atoms. The van der Waals surface area contributed by atoms with Crippen LogP contribution in [0.25, 0.3) is 11.4 Å². The minimum Gasteiger partial charge on any atom is -0.497 e. The molecule has 3 aromatic rings. The molecule has 0 saturated heterocycles. The van der Waals surface area contributed by atoms with Crippen molar-refractivity contribution in [2.45, 2.75) is 43.6 Å². The van der Waals surface area contributed by atoms with Gasteiger partial charge in [0.15, 0.2) is 11.0 Å². The zero-order chi connectivity index (χ0) is 22.4. The number of carbonyl (C=O) groups is 1. The van der Waals surface area contributed by atoms with Crippen LogP contribution in [0.15, 0.2) is 47.6 Å². The molecule has 2 aromatic carbocycles. The predicted octanol–water partition coefficient (Wildman–Crippen LogP) is 6.18. The molecular weight excluding hydrogens is 455 g/mol. The largest absolute Gasteiger partial charge is 0.497 e. The fraction of sp³-hybridized carbons (Fsp3) is 0.318. The fourth-order valence-corrected chi connectivity index (χ4v) is 4.12. The number of anilines is 1. The van der Waals surface area contributed by atoms with Crippen LogP contribution in [0.4, 0.5) is 5.69 Å². The predicted molar refractivity (Wildman–Crippen MR) is 127 cm³/mol. The van der Waals surface area contributed by atoms with Crippen molar-refractivity contribution in [1.82, 2.24) is 14.8 Å². The number of methoxy groups -OCH3 is 1. The minimum atomic E-state index is -0.414. The zero-order valence-corrected chi connectivity index (χ0v) is 19.9. The first-order valence-electron chi connectivity index (χ1n) is 9.93. The van der Waals surface area contributed by atoms with Gasteiger partial charge in [-0.2, -0.15) is 0 Å². The number of amides is 1. The number of unbranched alkanes of at least 4 members (excludes halogenated alkanes) is 1. The first-order valence-corrected chi connectivity index (χ1v) is 11.6. The molecule has 6 nitrogen and oxygen atoms in total. The van der Waals surface area contributed by atoms with E-state index in [1.54, 1.807) is 25.3 Å². The molecule has 1 amide bonds. The standard InChI is InChI=1S/C22H24Cl2N4O2S/c1-4-5-13-28-20(15-9-11-16(30-3)12-10-15)26-27-22(28)31-14(2)21(29)25-18-8-6-7-17(23)19(18)24/h6-12,14H,4-5,13H2,1-3H3,(H,25,29). The molecule has 0 aliphatic carbocycles. The number of hydrogen-bond donors (Lipinski definition) is 1. The van der Waals surface area contributed by atoms with Gasteiger partial charge in [0.1, 0.15) is 5.75 Å². The van der Waals surface area contributed by atoms with Crippen molar-refractivity contribution in [2.75, 3.05) is 12.4 Å². The molecule has 9 heteroatoms. The van der Waals surface area contributed by atoms with Crippen LogP contribution in [0.1, 0.15) is 26.7 Å². The van der Waals surface area contributed by atoms with Gasteiger partial charge in [0.25, 0.3) is 0 Å². The lowest BCUT2D eigenvalue weighted by Gasteiger charge is -2.14. The summed E-state index contributed by atoms with van der Waals surface area (Å²) in [7, 11) is 1.64. The molecule has 0 spiro atoms. The van der Waals surface area contributed by atoms with Crippen LogP contribution in [0, 0.1) is 0 Å². The lowest BCUT2D eigenvalue weighted by molar-refractivity contribution is -0.115. The average molecular weight is 479 g/mol. The number of ether oxygens (including phenoxy) is 1. The topological polar surface area (TPSA) is 69.0 Å². The smallest absolute Gasteiger partial charge is 0.237 e. The summed E-state index contributed by atoms with van der Waals surface area (Å²) < 4.78 is 7.30. The Bertz CT molecular complexity index is 1040. The number of nitrogens with zero attached hydrogens (tertiary/aromatic N) is 3. The molecule has 1 N–H and O–H groups in total. The highest BCUT2D eigenvalue weighted by Crippen LogP contribution is 2.32. The Morgan fingerprint density at radius 1 is 1.19 bits per heavy atom. The van der Waals surface area contributed by atoms with Crippen LogP contribution in [-0.4, -0.2) is 33.0 Å². The van der Waals surface area contributed by atoms with Crippen molar-refractivity contribution in [3.05, 3.63) is 52.5 Å². The third-order valence-electron chi connectivity index (χ3n) is 4.66. The normalized spacial score (nSPS) is 11.9. The summed E-state index contributed by atoms with van der Waals surface area (Å²) in [5.74, 6) is 1.36. The van der Waals surface area contributed by atoms with Crippen molar-refractivity contribution in [3.8, 4) is 17.1 Å². The summed E-state index contributed by atoms with van der Waals surface area (Å²) in [6.45, 7) is 4.72. The van der Waals surface area contributed by atoms with E-state index in [1.807, 2.05) is 31.2 Å². The maximum Gasteiger partial charge on any atom is 0.237 e. The highest BCUT2D eigenvalue weighted by Gasteiger charge is 2.21. The van der Waals surface area contributed by atoms with E-state index in [4.69, 9.17) is 27.9 Å². The molecule has 0 aliphatic heterocycles. The van der Waals surface area contributed by atoms with Gasteiger partial charge >= 0.3 is 0 Å². The van der Waals surface area contributed by atoms with Crippen LogP contribution in [0.5, 0.6) is 5.75 Å². The van der Waals surface area contributed by atoms with E-state index in [1.165, 1.54) is 11.8 Å². The van der Waals surface area contributed by atoms with Gasteiger partial charge in [-0.15, -0.1) is 10.2 Å². The molecule has 31 heavy (non-hydrogen) atoms. The van der Waals surface area contributed by atoms with Crippen LogP contribution in [0.2, 0.25) is 10.0 Å². The van der Waals surface area contributed by atoms with Crippen molar-refractivity contribution in [1.29, 1.82) is 0 Å². The van der Waals surface area contributed by atoms with Gasteiger partial charge in [-0.05, 0) is 49.7 Å². The van der Waals surface area contributed by atoms with Crippen LogP contribution >= 0.6 is 35.0 Å². The average Bonchev–Trinajstić information content (AvgIpc) is 3.17. The molecule has 0 fully saturated rings. The maximum absolute atomic E-state index is 12.7. The Labute approximate surface area is 196 Å². The second-order valence-corrected chi connectivity index (χ2v) is 8.98. The SMILES string of the molecule is CCCCn1c(SC(C)C(=O)Nc2cccc(Cl)c2Cl)nnc1-c1ccc(OC)cc1. The van der Waals surface area contributed by atoms with Gasteiger partial charge in [0.2, 0.25) is 5.91 Å². The summed E-state index contributed by atoms with van der Waals surface area (Å²) in [6, 6.07) is 12.8. The fourth-order valence-electron chi connectivity index (χ4n) is 2.89. The van der Waals surface area contributed by atoms with E-state index in [0.29, 0.717) is 20.9 Å². The lowest BCUT2D eigenvalue weighted by atomic mass is 10.2. The van der Waals surface area contributed by atoms with Crippen molar-refractivity contribution >= 4 is 46.6 Å². The Hall–Kier alpha value is -2.22. The first-order chi connectivity index (χ1) is 14.9. The summed E-state index contributed by atoms with van der Waals surface area (Å²) in [6.07, 6.45) is 2.01. The molecular formula is C22H24Cl2N4O2S. The second kappa shape index (κ2) is 10.9. The number of halogens is 2. The number of thioether (sulfide) groups is 1. The quantitative estimate of drug-likeness (QED) is 0.371. The highest BCUT2D eigenvalue weighted by atomic mass is 35.5. The van der Waals surface area contributed by atoms with Crippen LogP contribution < -0.4 is 10.1 Å². The van der Waals surface area contributed by atoms with Gasteiger partial charge in [-0.25, -0.2) is 0 Å². The summed E-state index contributed by atoms with van der Waals surface area (Å²) in [5, 5.41) is 12.6. The molecule has 1 heterocycles. The van der Waals surface area contributed by atoms with Crippen LogP contribution in [0.3, 0.4) is 0 Å². The van der Waals surface area contributed by atoms with Gasteiger partial charge < -0.3 is 14.6 Å². The molecule has 0 aliphatic rings. The second-order valence-electron chi connectivity index (χ2n) is 6.89. The molecule has 1 unspecified atom stereocenters. The first kappa shape index (κ1) is 23.4. The van der Waals surface area contributed by atoms with E-state index < -0.39 is 5.25 Å². The minimum absolute atomic E-state index is 0.190. The van der Waals surface area contributed by atoms with E-state index in [2.05, 4.69) is 27.0 Å². The molecule has 164 valence electrons. The number of aromatic nitrogens is 3. The maximum atomic E-state index is 12.7. The van der Waals surface area contributed by atoms with Gasteiger partial charge in [-0.3, -0.25) is 4.79 Å². The van der Waals surface area contributed by atoms with Gasteiger partial charge in [-0.1, -0.05) is 54.4 Å². The summed E-state index contributed by atoms with van der Waals surface area (Å²) in [5.41, 5.74) is 1.43. The monoisotopic (exact) mass is 478 g/mol. The number of benzene rings is 2. The van der Waals surface area contributed by atoms with Gasteiger partial charge in [0, 0.05) is 12.1 Å². The number of rotatable bonds is 9. The van der Waals surface area contributed by atoms with E-state index in [0.717, 1.165) is 36.5 Å². The third-order valence-corrected chi connectivity index (χ3v) is 6.56. The third kappa shape index (κ3) is 5.73.